The molecule has 1 aliphatic carbocycles. The second kappa shape index (κ2) is 8.53. The first kappa shape index (κ1) is 17.3. The summed E-state index contributed by atoms with van der Waals surface area (Å²) in [6.07, 6.45) is 1.97. The van der Waals surface area contributed by atoms with Gasteiger partial charge in [-0.3, -0.25) is 4.79 Å². The lowest BCUT2D eigenvalue weighted by atomic mass is 10.2. The van der Waals surface area contributed by atoms with E-state index in [0.29, 0.717) is 12.2 Å². The molecule has 1 aromatic carbocycles. The van der Waals surface area contributed by atoms with Crippen molar-refractivity contribution >= 4 is 23.3 Å². The van der Waals surface area contributed by atoms with Gasteiger partial charge in [-0.1, -0.05) is 13.8 Å². The van der Waals surface area contributed by atoms with Crippen LogP contribution in [0.15, 0.2) is 24.3 Å². The maximum atomic E-state index is 11.8. The Bertz CT molecular complexity index is 522. The zero-order chi connectivity index (χ0) is 16.7. The molecule has 0 bridgehead atoms. The molecule has 0 atom stereocenters. The molecule has 1 aliphatic rings. The van der Waals surface area contributed by atoms with Gasteiger partial charge in [0.2, 0.25) is 5.91 Å². The molecule has 0 saturated heterocycles. The van der Waals surface area contributed by atoms with Crippen LogP contribution in [-0.2, 0) is 4.79 Å². The molecule has 3 amide bonds. The molecule has 1 aromatic rings. The third-order valence-corrected chi connectivity index (χ3v) is 3.97. The minimum absolute atomic E-state index is 0.0832. The number of amides is 3. The van der Waals surface area contributed by atoms with E-state index < -0.39 is 0 Å². The number of rotatable bonds is 8. The number of anilines is 2. The molecule has 126 valence electrons. The number of nitrogens with zero attached hydrogens (tertiary/aromatic N) is 1. The fourth-order valence-corrected chi connectivity index (χ4v) is 2.27. The standard InChI is InChI=1S/C17H26N4O2/c1-3-21(4-2)12-11-18-17(23)20-15-9-7-14(8-10-15)19-16(22)13-5-6-13/h7-10,13H,3-6,11-12H2,1-2H3,(H,19,22)(H2,18,20,23). The second-order valence-corrected chi connectivity index (χ2v) is 5.75. The Hall–Kier alpha value is -2.08. The molecule has 23 heavy (non-hydrogen) atoms. The highest BCUT2D eigenvalue weighted by atomic mass is 16.2. The van der Waals surface area contributed by atoms with Crippen LogP contribution in [0, 0.1) is 5.92 Å². The number of benzene rings is 1. The van der Waals surface area contributed by atoms with Gasteiger partial charge in [0.05, 0.1) is 0 Å². The van der Waals surface area contributed by atoms with Crippen molar-refractivity contribution < 1.29 is 9.59 Å². The molecule has 6 heteroatoms. The highest BCUT2D eigenvalue weighted by Gasteiger charge is 2.29. The average molecular weight is 318 g/mol. The maximum absolute atomic E-state index is 11.8. The van der Waals surface area contributed by atoms with Gasteiger partial charge in [-0.05, 0) is 50.2 Å². The fourth-order valence-electron chi connectivity index (χ4n) is 2.27. The van der Waals surface area contributed by atoms with Gasteiger partial charge in [-0.25, -0.2) is 4.79 Å². The first-order chi connectivity index (χ1) is 11.1. The van der Waals surface area contributed by atoms with Gasteiger partial charge in [0, 0.05) is 30.4 Å². The summed E-state index contributed by atoms with van der Waals surface area (Å²) in [5.41, 5.74) is 1.46. The molecule has 0 spiro atoms. The van der Waals surface area contributed by atoms with Gasteiger partial charge < -0.3 is 20.9 Å². The van der Waals surface area contributed by atoms with Crippen molar-refractivity contribution in [3.05, 3.63) is 24.3 Å². The largest absolute Gasteiger partial charge is 0.337 e. The Balaban J connectivity index is 1.72. The number of hydrogen-bond donors (Lipinski definition) is 3. The van der Waals surface area contributed by atoms with Crippen LogP contribution >= 0.6 is 0 Å². The van der Waals surface area contributed by atoms with Crippen LogP contribution in [0.25, 0.3) is 0 Å². The Morgan fingerprint density at radius 2 is 1.61 bits per heavy atom. The summed E-state index contributed by atoms with van der Waals surface area (Å²) in [5, 5.41) is 8.50. The van der Waals surface area contributed by atoms with Crippen molar-refractivity contribution in [2.75, 3.05) is 36.8 Å². The molecule has 1 fully saturated rings. The number of carbonyl (C=O) groups is 2. The first-order valence-electron chi connectivity index (χ1n) is 8.30. The van der Waals surface area contributed by atoms with E-state index in [-0.39, 0.29) is 17.9 Å². The van der Waals surface area contributed by atoms with Crippen LogP contribution < -0.4 is 16.0 Å². The number of hydrogen-bond acceptors (Lipinski definition) is 3. The molecule has 1 saturated carbocycles. The Morgan fingerprint density at radius 1 is 1.04 bits per heavy atom. The minimum Gasteiger partial charge on any atom is -0.337 e. The first-order valence-corrected chi connectivity index (χ1v) is 8.30. The van der Waals surface area contributed by atoms with Crippen LogP contribution in [0.4, 0.5) is 16.2 Å². The van der Waals surface area contributed by atoms with Crippen molar-refractivity contribution in [1.82, 2.24) is 10.2 Å². The van der Waals surface area contributed by atoms with E-state index in [0.717, 1.165) is 38.2 Å². The summed E-state index contributed by atoms with van der Waals surface area (Å²) in [7, 11) is 0. The quantitative estimate of drug-likeness (QED) is 0.689. The van der Waals surface area contributed by atoms with Crippen molar-refractivity contribution in [1.29, 1.82) is 0 Å². The lowest BCUT2D eigenvalue weighted by Gasteiger charge is -2.18. The predicted octanol–water partition coefficient (Wildman–Crippen LogP) is 2.50. The number of carbonyl (C=O) groups excluding carboxylic acids is 2. The molecule has 0 radical (unpaired) electrons. The van der Waals surface area contributed by atoms with E-state index in [9.17, 15) is 9.59 Å². The van der Waals surface area contributed by atoms with Crippen LogP contribution in [-0.4, -0.2) is 43.0 Å². The van der Waals surface area contributed by atoms with Gasteiger partial charge in [0.1, 0.15) is 0 Å². The SMILES string of the molecule is CCN(CC)CCNC(=O)Nc1ccc(NC(=O)C2CC2)cc1. The molecule has 6 nitrogen and oxygen atoms in total. The van der Waals surface area contributed by atoms with Crippen molar-refractivity contribution in [3.63, 3.8) is 0 Å². The number of likely N-dealkylation sites (N-methyl/N-ethyl adjacent to an activating group) is 1. The summed E-state index contributed by atoms with van der Waals surface area (Å²) >= 11 is 0. The molecule has 0 heterocycles. The summed E-state index contributed by atoms with van der Waals surface area (Å²) < 4.78 is 0. The fraction of sp³-hybridized carbons (Fsp3) is 0.529. The predicted molar refractivity (Wildman–Crippen MR) is 92.6 cm³/mol. The Labute approximate surface area is 137 Å². The van der Waals surface area contributed by atoms with Crippen molar-refractivity contribution in [3.8, 4) is 0 Å². The zero-order valence-electron chi connectivity index (χ0n) is 13.9. The molecular formula is C17H26N4O2. The van der Waals surface area contributed by atoms with E-state index in [1.165, 1.54) is 0 Å². The van der Waals surface area contributed by atoms with Crippen LogP contribution in [0.5, 0.6) is 0 Å². The van der Waals surface area contributed by atoms with E-state index in [1.807, 2.05) is 0 Å². The molecule has 0 aromatic heterocycles. The maximum Gasteiger partial charge on any atom is 0.319 e. The normalized spacial score (nSPS) is 13.7. The van der Waals surface area contributed by atoms with Crippen LogP contribution in [0.1, 0.15) is 26.7 Å². The minimum atomic E-state index is -0.216. The summed E-state index contributed by atoms with van der Waals surface area (Å²) in [5.74, 6) is 0.268. The molecule has 2 rings (SSSR count). The van der Waals surface area contributed by atoms with E-state index >= 15 is 0 Å². The van der Waals surface area contributed by atoms with Crippen molar-refractivity contribution in [2.24, 2.45) is 5.92 Å². The monoisotopic (exact) mass is 318 g/mol. The van der Waals surface area contributed by atoms with E-state index in [4.69, 9.17) is 0 Å². The van der Waals surface area contributed by atoms with Gasteiger partial charge in [0.25, 0.3) is 0 Å². The van der Waals surface area contributed by atoms with Gasteiger partial charge in [-0.2, -0.15) is 0 Å². The highest BCUT2D eigenvalue weighted by Crippen LogP contribution is 2.30. The molecule has 0 aliphatic heterocycles. The van der Waals surface area contributed by atoms with Gasteiger partial charge in [-0.15, -0.1) is 0 Å². The Morgan fingerprint density at radius 3 is 2.13 bits per heavy atom. The lowest BCUT2D eigenvalue weighted by molar-refractivity contribution is -0.117. The van der Waals surface area contributed by atoms with Crippen LogP contribution in [0.2, 0.25) is 0 Å². The van der Waals surface area contributed by atoms with Crippen molar-refractivity contribution in [2.45, 2.75) is 26.7 Å². The highest BCUT2D eigenvalue weighted by molar-refractivity contribution is 5.94. The smallest absolute Gasteiger partial charge is 0.319 e. The summed E-state index contributed by atoms with van der Waals surface area (Å²) in [4.78, 5) is 25.7. The van der Waals surface area contributed by atoms with E-state index in [2.05, 4.69) is 34.7 Å². The second-order valence-electron chi connectivity index (χ2n) is 5.75. The number of nitrogens with one attached hydrogen (secondary N) is 3. The summed E-state index contributed by atoms with van der Waals surface area (Å²) in [6.45, 7) is 7.62. The zero-order valence-corrected chi connectivity index (χ0v) is 13.9. The topological polar surface area (TPSA) is 73.5 Å². The molecule has 3 N–H and O–H groups in total. The van der Waals surface area contributed by atoms with Gasteiger partial charge in [0.15, 0.2) is 0 Å². The molecular weight excluding hydrogens is 292 g/mol. The van der Waals surface area contributed by atoms with E-state index in [1.54, 1.807) is 24.3 Å². The molecule has 0 unspecified atom stereocenters. The summed E-state index contributed by atoms with van der Waals surface area (Å²) in [6, 6.07) is 6.95. The lowest BCUT2D eigenvalue weighted by Crippen LogP contribution is -2.36. The third-order valence-electron chi connectivity index (χ3n) is 3.97. The Kier molecular flexibility index (Phi) is 6.40. The third kappa shape index (κ3) is 5.90. The number of urea groups is 1. The average Bonchev–Trinajstić information content (AvgIpc) is 3.38. The van der Waals surface area contributed by atoms with Gasteiger partial charge >= 0.3 is 6.03 Å². The van der Waals surface area contributed by atoms with Crippen LogP contribution in [0.3, 0.4) is 0 Å².